The molecule has 0 saturated carbocycles. The molecule has 0 amide bonds. The van der Waals surface area contributed by atoms with Crippen LogP contribution in [0.3, 0.4) is 0 Å². The van der Waals surface area contributed by atoms with Crippen molar-refractivity contribution in [3.63, 3.8) is 0 Å². The molecule has 0 fully saturated rings. The third-order valence-corrected chi connectivity index (χ3v) is 4.24. The molecule has 0 heterocycles. The van der Waals surface area contributed by atoms with Gasteiger partial charge in [-0.25, -0.2) is 0 Å². The van der Waals surface area contributed by atoms with Crippen LogP contribution < -0.4 is 4.74 Å². The Morgan fingerprint density at radius 3 is 2.50 bits per heavy atom. The number of halogens is 1. The molecule has 0 aromatic heterocycles. The summed E-state index contributed by atoms with van der Waals surface area (Å²) < 4.78 is 6.78. The van der Waals surface area contributed by atoms with Crippen LogP contribution in [-0.2, 0) is 0 Å². The Balaban J connectivity index is 2.00. The third-order valence-electron chi connectivity index (χ3n) is 3.42. The van der Waals surface area contributed by atoms with Crippen molar-refractivity contribution in [3.05, 3.63) is 74.7 Å². The van der Waals surface area contributed by atoms with E-state index >= 15 is 0 Å². The highest BCUT2D eigenvalue weighted by Gasteiger charge is 2.12. The first kappa shape index (κ1) is 14.5. The zero-order valence-corrected chi connectivity index (χ0v) is 13.3. The van der Waals surface area contributed by atoms with Gasteiger partial charge in [-0.1, -0.05) is 30.3 Å². The molecular weight excluding hydrogens is 346 g/mol. The van der Waals surface area contributed by atoms with Crippen molar-refractivity contribution in [1.82, 2.24) is 0 Å². The minimum atomic E-state index is -0.414. The molecular formula is C17H12BrNO3. The number of fused-ring (bicyclic) bond motifs is 1. The highest BCUT2D eigenvalue weighted by atomic mass is 79.9. The molecule has 0 saturated heterocycles. The molecule has 22 heavy (non-hydrogen) atoms. The standard InChI is InChI=1S/C17H12BrNO3/c1-11-10-13(19(20)21)7-9-15(11)22-16-8-6-12-4-2-3-5-14(12)17(16)18/h2-10H,1H3. The number of aryl methyl sites for hydroxylation is 1. The van der Waals surface area contributed by atoms with Crippen LogP contribution in [0.15, 0.2) is 59.1 Å². The molecule has 0 atom stereocenters. The maximum absolute atomic E-state index is 10.8. The van der Waals surface area contributed by atoms with Gasteiger partial charge in [-0.2, -0.15) is 0 Å². The monoisotopic (exact) mass is 357 g/mol. The van der Waals surface area contributed by atoms with Crippen molar-refractivity contribution in [1.29, 1.82) is 0 Å². The van der Waals surface area contributed by atoms with Gasteiger partial charge in [0.25, 0.3) is 5.69 Å². The number of hydrogen-bond donors (Lipinski definition) is 0. The fraction of sp³-hybridized carbons (Fsp3) is 0.0588. The van der Waals surface area contributed by atoms with E-state index in [-0.39, 0.29) is 5.69 Å². The Morgan fingerprint density at radius 2 is 1.77 bits per heavy atom. The number of nitro benzene ring substituents is 1. The summed E-state index contributed by atoms with van der Waals surface area (Å²) >= 11 is 3.57. The first-order valence-corrected chi connectivity index (χ1v) is 7.46. The van der Waals surface area contributed by atoms with Crippen LogP contribution in [0.5, 0.6) is 11.5 Å². The predicted molar refractivity (Wildman–Crippen MR) is 89.6 cm³/mol. The van der Waals surface area contributed by atoms with Gasteiger partial charge in [0.1, 0.15) is 11.5 Å². The maximum atomic E-state index is 10.8. The molecule has 3 aromatic carbocycles. The molecule has 0 unspecified atom stereocenters. The van der Waals surface area contributed by atoms with E-state index in [0.29, 0.717) is 17.1 Å². The lowest BCUT2D eigenvalue weighted by atomic mass is 10.1. The second kappa shape index (κ2) is 5.77. The molecule has 3 aromatic rings. The Kier molecular flexibility index (Phi) is 3.81. The zero-order valence-electron chi connectivity index (χ0n) is 11.7. The van der Waals surface area contributed by atoms with E-state index in [2.05, 4.69) is 15.9 Å². The second-order valence-corrected chi connectivity index (χ2v) is 5.70. The number of hydrogen-bond acceptors (Lipinski definition) is 3. The molecule has 0 bridgehead atoms. The van der Waals surface area contributed by atoms with Crippen LogP contribution in [0, 0.1) is 17.0 Å². The van der Waals surface area contributed by atoms with Crippen LogP contribution in [-0.4, -0.2) is 4.92 Å². The summed E-state index contributed by atoms with van der Waals surface area (Å²) in [6.45, 7) is 1.79. The van der Waals surface area contributed by atoms with Crippen molar-refractivity contribution in [2.24, 2.45) is 0 Å². The molecule has 110 valence electrons. The minimum absolute atomic E-state index is 0.0578. The van der Waals surface area contributed by atoms with Crippen LogP contribution in [0.25, 0.3) is 10.8 Å². The van der Waals surface area contributed by atoms with Gasteiger partial charge in [-0.05, 0) is 51.3 Å². The van der Waals surface area contributed by atoms with Gasteiger partial charge in [-0.3, -0.25) is 10.1 Å². The van der Waals surface area contributed by atoms with Gasteiger partial charge in [-0.15, -0.1) is 0 Å². The van der Waals surface area contributed by atoms with Crippen LogP contribution >= 0.6 is 15.9 Å². The first-order valence-electron chi connectivity index (χ1n) is 6.66. The quantitative estimate of drug-likeness (QED) is 0.452. The Bertz CT molecular complexity index is 877. The zero-order chi connectivity index (χ0) is 15.7. The minimum Gasteiger partial charge on any atom is -0.456 e. The van der Waals surface area contributed by atoms with E-state index in [1.54, 1.807) is 13.0 Å². The molecule has 0 radical (unpaired) electrons. The second-order valence-electron chi connectivity index (χ2n) is 4.91. The van der Waals surface area contributed by atoms with Gasteiger partial charge in [0.15, 0.2) is 0 Å². The van der Waals surface area contributed by atoms with E-state index in [1.807, 2.05) is 36.4 Å². The normalized spacial score (nSPS) is 10.6. The Labute approximate surface area is 135 Å². The SMILES string of the molecule is Cc1cc([N+](=O)[O-])ccc1Oc1ccc2ccccc2c1Br. The number of rotatable bonds is 3. The largest absolute Gasteiger partial charge is 0.456 e. The highest BCUT2D eigenvalue weighted by Crippen LogP contribution is 2.37. The summed E-state index contributed by atoms with van der Waals surface area (Å²) in [5.41, 5.74) is 0.775. The topological polar surface area (TPSA) is 52.4 Å². The lowest BCUT2D eigenvalue weighted by molar-refractivity contribution is -0.384. The summed E-state index contributed by atoms with van der Waals surface area (Å²) in [5, 5.41) is 12.9. The van der Waals surface area contributed by atoms with Gasteiger partial charge in [0.05, 0.1) is 9.40 Å². The average molecular weight is 358 g/mol. The summed E-state index contributed by atoms with van der Waals surface area (Å²) in [4.78, 5) is 10.4. The average Bonchev–Trinajstić information content (AvgIpc) is 2.52. The van der Waals surface area contributed by atoms with Crippen molar-refractivity contribution < 1.29 is 9.66 Å². The van der Waals surface area contributed by atoms with Gasteiger partial charge >= 0.3 is 0 Å². The van der Waals surface area contributed by atoms with Crippen molar-refractivity contribution in [3.8, 4) is 11.5 Å². The molecule has 0 aliphatic carbocycles. The Hall–Kier alpha value is -2.40. The van der Waals surface area contributed by atoms with Crippen LogP contribution in [0.2, 0.25) is 0 Å². The molecule has 5 heteroatoms. The molecule has 0 aliphatic rings. The number of nitrogens with zero attached hydrogens (tertiary/aromatic N) is 1. The molecule has 0 N–H and O–H groups in total. The first-order chi connectivity index (χ1) is 10.6. The summed E-state index contributed by atoms with van der Waals surface area (Å²) in [5.74, 6) is 1.28. The van der Waals surface area contributed by atoms with Gasteiger partial charge in [0.2, 0.25) is 0 Å². The fourth-order valence-corrected chi connectivity index (χ4v) is 2.85. The molecule has 3 rings (SSSR count). The van der Waals surface area contributed by atoms with Crippen molar-refractivity contribution in [2.45, 2.75) is 6.92 Å². The van der Waals surface area contributed by atoms with Crippen molar-refractivity contribution in [2.75, 3.05) is 0 Å². The smallest absolute Gasteiger partial charge is 0.269 e. The summed E-state index contributed by atoms with van der Waals surface area (Å²) in [6.07, 6.45) is 0. The number of benzene rings is 3. The fourth-order valence-electron chi connectivity index (χ4n) is 2.27. The summed E-state index contributed by atoms with van der Waals surface area (Å²) in [6, 6.07) is 16.4. The van der Waals surface area contributed by atoms with Crippen LogP contribution in [0.1, 0.15) is 5.56 Å². The van der Waals surface area contributed by atoms with Crippen molar-refractivity contribution >= 4 is 32.4 Å². The highest BCUT2D eigenvalue weighted by molar-refractivity contribution is 9.10. The third kappa shape index (κ3) is 2.67. The predicted octanol–water partition coefficient (Wildman–Crippen LogP) is 5.61. The van der Waals surface area contributed by atoms with Gasteiger partial charge < -0.3 is 4.74 Å². The number of non-ortho nitro benzene ring substituents is 1. The summed E-state index contributed by atoms with van der Waals surface area (Å²) in [7, 11) is 0. The van der Waals surface area contributed by atoms with Crippen LogP contribution in [0.4, 0.5) is 5.69 Å². The maximum Gasteiger partial charge on any atom is 0.269 e. The Morgan fingerprint density at radius 1 is 1.05 bits per heavy atom. The van der Waals surface area contributed by atoms with E-state index in [9.17, 15) is 10.1 Å². The van der Waals surface area contributed by atoms with Gasteiger partial charge in [0, 0.05) is 12.1 Å². The molecule has 4 nitrogen and oxygen atoms in total. The number of ether oxygens (including phenoxy) is 1. The molecule has 0 aliphatic heterocycles. The van der Waals surface area contributed by atoms with E-state index < -0.39 is 4.92 Å². The van der Waals surface area contributed by atoms with E-state index in [0.717, 1.165) is 15.2 Å². The van der Waals surface area contributed by atoms with E-state index in [4.69, 9.17) is 4.74 Å². The number of nitro groups is 1. The lowest BCUT2D eigenvalue weighted by Gasteiger charge is -2.11. The lowest BCUT2D eigenvalue weighted by Crippen LogP contribution is -1.92. The molecule has 0 spiro atoms. The van der Waals surface area contributed by atoms with E-state index in [1.165, 1.54) is 12.1 Å².